The van der Waals surface area contributed by atoms with Crippen molar-refractivity contribution in [3.8, 4) is 11.5 Å². The van der Waals surface area contributed by atoms with Crippen molar-refractivity contribution in [3.63, 3.8) is 0 Å². The van der Waals surface area contributed by atoms with E-state index in [0.717, 1.165) is 0 Å². The average Bonchev–Trinajstić information content (AvgIpc) is 2.27. The van der Waals surface area contributed by atoms with Gasteiger partial charge in [0.05, 0.1) is 36.9 Å². The smallest absolute Gasteiger partial charge is 0.175 e. The van der Waals surface area contributed by atoms with E-state index >= 15 is 0 Å². The lowest BCUT2D eigenvalue weighted by Crippen LogP contribution is -2.09. The maximum absolute atomic E-state index is 12.0. The van der Waals surface area contributed by atoms with Crippen LogP contribution >= 0.6 is 11.6 Å². The van der Waals surface area contributed by atoms with Crippen molar-refractivity contribution in [2.75, 3.05) is 20.0 Å². The van der Waals surface area contributed by atoms with Gasteiger partial charge in [-0.3, -0.25) is 9.59 Å². The van der Waals surface area contributed by atoms with E-state index in [1.807, 2.05) is 0 Å². The second-order valence-corrected chi connectivity index (χ2v) is 4.07. The second-order valence-electron chi connectivity index (χ2n) is 3.69. The Morgan fingerprint density at radius 3 is 2.39 bits per heavy atom. The van der Waals surface area contributed by atoms with Crippen LogP contribution in [0.2, 0.25) is 5.02 Å². The molecule has 1 rings (SSSR count). The number of rotatable bonds is 5. The molecule has 18 heavy (non-hydrogen) atoms. The Bertz CT molecular complexity index is 499. The number of carbonyl (C=O) groups excluding carboxylic acids is 2. The summed E-state index contributed by atoms with van der Waals surface area (Å²) in [5, 5.41) is 0.0561. The molecule has 0 amide bonds. The molecule has 0 saturated carbocycles. The standard InChI is InChI=1S/C12H14ClNO4/c1-6(15)4-8(16)10-9(17-2)5-7(14)12(18-3)11(10)13/h5H,4,14H2,1-3H3. The normalized spacial score (nSPS) is 10.0. The molecule has 0 saturated heterocycles. The molecule has 0 spiro atoms. The summed E-state index contributed by atoms with van der Waals surface area (Å²) in [6, 6.07) is 1.44. The second kappa shape index (κ2) is 5.73. The van der Waals surface area contributed by atoms with Gasteiger partial charge < -0.3 is 15.2 Å². The fourth-order valence-corrected chi connectivity index (χ4v) is 1.95. The van der Waals surface area contributed by atoms with E-state index in [9.17, 15) is 9.59 Å². The molecule has 0 aliphatic heterocycles. The Morgan fingerprint density at radius 2 is 1.94 bits per heavy atom. The molecule has 0 bridgehead atoms. The number of anilines is 1. The molecule has 0 aromatic heterocycles. The average molecular weight is 272 g/mol. The van der Waals surface area contributed by atoms with Crippen molar-refractivity contribution in [3.05, 3.63) is 16.7 Å². The number of Topliss-reactive ketones (excluding diaryl/α,β-unsaturated/α-hetero) is 2. The van der Waals surface area contributed by atoms with Crippen molar-refractivity contribution in [1.29, 1.82) is 0 Å². The summed E-state index contributed by atoms with van der Waals surface area (Å²) in [5.41, 5.74) is 6.09. The highest BCUT2D eigenvalue weighted by molar-refractivity contribution is 6.36. The molecule has 2 N–H and O–H groups in total. The maximum atomic E-state index is 12.0. The molecule has 5 nitrogen and oxygen atoms in total. The summed E-state index contributed by atoms with van der Waals surface area (Å²) in [6.07, 6.45) is -0.247. The van der Waals surface area contributed by atoms with Crippen LogP contribution in [-0.4, -0.2) is 25.8 Å². The van der Waals surface area contributed by atoms with E-state index in [0.29, 0.717) is 0 Å². The summed E-state index contributed by atoms with van der Waals surface area (Å²) >= 11 is 6.06. The Balaban J connectivity index is 3.40. The number of methoxy groups -OCH3 is 2. The van der Waals surface area contributed by atoms with E-state index < -0.39 is 5.78 Å². The van der Waals surface area contributed by atoms with Gasteiger partial charge in [0.15, 0.2) is 11.5 Å². The monoisotopic (exact) mass is 271 g/mol. The van der Waals surface area contributed by atoms with Gasteiger partial charge in [-0.1, -0.05) is 11.6 Å². The Hall–Kier alpha value is -1.75. The van der Waals surface area contributed by atoms with Crippen LogP contribution in [0, 0.1) is 0 Å². The quantitative estimate of drug-likeness (QED) is 0.504. The van der Waals surface area contributed by atoms with Gasteiger partial charge in [-0.05, 0) is 6.92 Å². The number of hydrogen-bond acceptors (Lipinski definition) is 5. The van der Waals surface area contributed by atoms with Crippen LogP contribution in [0.5, 0.6) is 11.5 Å². The third-order valence-corrected chi connectivity index (χ3v) is 2.69. The number of ether oxygens (including phenoxy) is 2. The highest BCUT2D eigenvalue weighted by Gasteiger charge is 2.23. The van der Waals surface area contributed by atoms with Crippen LogP contribution in [0.3, 0.4) is 0 Å². The molecular formula is C12H14ClNO4. The molecule has 0 aliphatic rings. The molecule has 0 heterocycles. The van der Waals surface area contributed by atoms with Crippen molar-refractivity contribution in [2.24, 2.45) is 0 Å². The summed E-state index contributed by atoms with van der Waals surface area (Å²) in [6.45, 7) is 1.33. The first-order valence-electron chi connectivity index (χ1n) is 5.15. The first-order chi connectivity index (χ1) is 8.42. The zero-order valence-electron chi connectivity index (χ0n) is 10.4. The molecule has 1 aromatic rings. The third kappa shape index (κ3) is 2.73. The lowest BCUT2D eigenvalue weighted by Gasteiger charge is -2.14. The lowest BCUT2D eigenvalue weighted by atomic mass is 10.0. The first kappa shape index (κ1) is 14.3. The number of benzene rings is 1. The zero-order chi connectivity index (χ0) is 13.9. The van der Waals surface area contributed by atoms with Crippen LogP contribution in [0.4, 0.5) is 5.69 Å². The van der Waals surface area contributed by atoms with Crippen molar-refractivity contribution < 1.29 is 19.1 Å². The predicted molar refractivity (Wildman–Crippen MR) is 68.6 cm³/mol. The van der Waals surface area contributed by atoms with Gasteiger partial charge in [-0.15, -0.1) is 0 Å². The molecule has 0 atom stereocenters. The van der Waals surface area contributed by atoms with Gasteiger partial charge in [0, 0.05) is 6.07 Å². The fraction of sp³-hybridized carbons (Fsp3) is 0.333. The van der Waals surface area contributed by atoms with Crippen molar-refractivity contribution in [2.45, 2.75) is 13.3 Å². The molecule has 0 aliphatic carbocycles. The predicted octanol–water partition coefficient (Wildman–Crippen LogP) is 2.10. The third-order valence-electron chi connectivity index (χ3n) is 2.33. The maximum Gasteiger partial charge on any atom is 0.175 e. The van der Waals surface area contributed by atoms with Crippen molar-refractivity contribution >= 4 is 28.9 Å². The largest absolute Gasteiger partial charge is 0.496 e. The minimum atomic E-state index is -0.428. The van der Waals surface area contributed by atoms with Gasteiger partial charge in [0.1, 0.15) is 11.5 Å². The van der Waals surface area contributed by atoms with Gasteiger partial charge in [-0.2, -0.15) is 0 Å². The molecule has 98 valence electrons. The molecular weight excluding hydrogens is 258 g/mol. The Labute approximate surface area is 110 Å². The van der Waals surface area contributed by atoms with Crippen LogP contribution < -0.4 is 15.2 Å². The van der Waals surface area contributed by atoms with E-state index in [1.165, 1.54) is 27.2 Å². The van der Waals surface area contributed by atoms with E-state index in [4.69, 9.17) is 26.8 Å². The van der Waals surface area contributed by atoms with Crippen molar-refractivity contribution in [1.82, 2.24) is 0 Å². The lowest BCUT2D eigenvalue weighted by molar-refractivity contribution is -0.116. The first-order valence-corrected chi connectivity index (χ1v) is 5.52. The van der Waals surface area contributed by atoms with Gasteiger partial charge >= 0.3 is 0 Å². The summed E-state index contributed by atoms with van der Waals surface area (Å²) in [5.74, 6) is -0.259. The van der Waals surface area contributed by atoms with Crippen LogP contribution in [-0.2, 0) is 4.79 Å². The van der Waals surface area contributed by atoms with Crippen LogP contribution in [0.25, 0.3) is 0 Å². The Morgan fingerprint density at radius 1 is 1.33 bits per heavy atom. The number of hydrogen-bond donors (Lipinski definition) is 1. The number of ketones is 2. The highest BCUT2D eigenvalue weighted by Crippen LogP contribution is 2.40. The zero-order valence-corrected chi connectivity index (χ0v) is 11.1. The summed E-state index contributed by atoms with van der Waals surface area (Å²) in [7, 11) is 2.78. The summed E-state index contributed by atoms with van der Waals surface area (Å²) in [4.78, 5) is 23.0. The van der Waals surface area contributed by atoms with Gasteiger partial charge in [0.2, 0.25) is 0 Å². The van der Waals surface area contributed by atoms with Crippen LogP contribution in [0.1, 0.15) is 23.7 Å². The molecule has 0 fully saturated rings. The van der Waals surface area contributed by atoms with Gasteiger partial charge in [0.25, 0.3) is 0 Å². The minimum Gasteiger partial charge on any atom is -0.496 e. The Kier molecular flexibility index (Phi) is 4.55. The van der Waals surface area contributed by atoms with Gasteiger partial charge in [-0.25, -0.2) is 0 Å². The summed E-state index contributed by atoms with van der Waals surface area (Å²) < 4.78 is 10.1. The van der Waals surface area contributed by atoms with E-state index in [1.54, 1.807) is 0 Å². The van der Waals surface area contributed by atoms with E-state index in [-0.39, 0.29) is 40.0 Å². The molecule has 1 aromatic carbocycles. The topological polar surface area (TPSA) is 78.6 Å². The number of carbonyl (C=O) groups is 2. The number of nitrogen functional groups attached to an aromatic ring is 1. The fourth-order valence-electron chi connectivity index (χ4n) is 1.57. The SMILES string of the molecule is COc1cc(N)c(OC)c(Cl)c1C(=O)CC(C)=O. The minimum absolute atomic E-state index is 0.0561. The van der Waals surface area contributed by atoms with E-state index in [2.05, 4.69) is 0 Å². The number of halogens is 1. The molecule has 0 radical (unpaired) electrons. The van der Waals surface area contributed by atoms with Crippen LogP contribution in [0.15, 0.2) is 6.07 Å². The number of nitrogens with two attached hydrogens (primary N) is 1. The highest BCUT2D eigenvalue weighted by atomic mass is 35.5. The molecule has 0 unspecified atom stereocenters. The molecule has 6 heteroatoms.